The van der Waals surface area contributed by atoms with Gasteiger partial charge in [-0.15, -0.1) is 12.4 Å². The summed E-state index contributed by atoms with van der Waals surface area (Å²) in [5, 5.41) is 16.3. The lowest BCUT2D eigenvalue weighted by Gasteiger charge is -2.14. The molecule has 0 aliphatic carbocycles. The molecule has 6 nitrogen and oxygen atoms in total. The van der Waals surface area contributed by atoms with Crippen molar-refractivity contribution in [1.82, 2.24) is 10.6 Å². The summed E-state index contributed by atoms with van der Waals surface area (Å²) >= 11 is 0. The maximum atomic E-state index is 11.5. The van der Waals surface area contributed by atoms with E-state index >= 15 is 0 Å². The minimum absolute atomic E-state index is 0. The first kappa shape index (κ1) is 17.3. The Morgan fingerprint density at radius 1 is 1.47 bits per heavy atom. The lowest BCUT2D eigenvalue weighted by molar-refractivity contribution is -0.384. The normalized spacial score (nSPS) is 11.3. The number of carbonyl (C=O) groups is 1. The third-order valence-electron chi connectivity index (χ3n) is 2.56. The van der Waals surface area contributed by atoms with E-state index in [-0.39, 0.29) is 30.0 Å². The third kappa shape index (κ3) is 5.67. The maximum Gasteiger partial charge on any atom is 0.269 e. The Hall–Kier alpha value is -1.66. The Labute approximate surface area is 118 Å². The van der Waals surface area contributed by atoms with Crippen molar-refractivity contribution in [2.45, 2.75) is 19.4 Å². The summed E-state index contributed by atoms with van der Waals surface area (Å²) in [6.07, 6.45) is 0.385. The van der Waals surface area contributed by atoms with Crippen molar-refractivity contribution >= 4 is 24.0 Å². The summed E-state index contributed by atoms with van der Waals surface area (Å²) in [7, 11) is 1.78. The highest BCUT2D eigenvalue weighted by atomic mass is 35.5. The van der Waals surface area contributed by atoms with Crippen molar-refractivity contribution in [3.05, 3.63) is 39.9 Å². The average Bonchev–Trinajstić information content (AvgIpc) is 2.36. The molecule has 0 radical (unpaired) electrons. The number of nitro benzene ring substituents is 1. The fraction of sp³-hybridized carbons (Fsp3) is 0.417. The second kappa shape index (κ2) is 8.44. The number of nitrogens with zero attached hydrogens (tertiary/aromatic N) is 1. The zero-order chi connectivity index (χ0) is 13.5. The van der Waals surface area contributed by atoms with Gasteiger partial charge in [-0.1, -0.05) is 12.1 Å². The van der Waals surface area contributed by atoms with Crippen LogP contribution in [0, 0.1) is 10.1 Å². The summed E-state index contributed by atoms with van der Waals surface area (Å²) in [6.45, 7) is 2.41. The average molecular weight is 288 g/mol. The standard InChI is InChI=1S/C12H17N3O3.ClH/c1-9(14-12(16)6-7-13-2)10-4-3-5-11(8-10)15(17)18;/h3-5,8-9,13H,6-7H2,1-2H3,(H,14,16);1H. The van der Waals surface area contributed by atoms with Crippen LogP contribution in [0.1, 0.15) is 24.9 Å². The van der Waals surface area contributed by atoms with Crippen LogP contribution < -0.4 is 10.6 Å². The second-order valence-corrected chi connectivity index (χ2v) is 3.99. The van der Waals surface area contributed by atoms with Crippen LogP contribution in [0.5, 0.6) is 0 Å². The lowest BCUT2D eigenvalue weighted by atomic mass is 10.1. The van der Waals surface area contributed by atoms with Gasteiger partial charge in [0.15, 0.2) is 0 Å². The van der Waals surface area contributed by atoms with Gasteiger partial charge in [-0.25, -0.2) is 0 Å². The van der Waals surface area contributed by atoms with Gasteiger partial charge in [0.05, 0.1) is 11.0 Å². The van der Waals surface area contributed by atoms with Crippen molar-refractivity contribution in [1.29, 1.82) is 0 Å². The Morgan fingerprint density at radius 3 is 2.74 bits per heavy atom. The molecule has 19 heavy (non-hydrogen) atoms. The molecule has 0 bridgehead atoms. The van der Waals surface area contributed by atoms with Gasteiger partial charge in [-0.2, -0.15) is 0 Å². The minimum atomic E-state index is -0.445. The van der Waals surface area contributed by atoms with Gasteiger partial charge in [-0.3, -0.25) is 14.9 Å². The molecule has 0 saturated heterocycles. The molecule has 0 aliphatic rings. The highest BCUT2D eigenvalue weighted by Gasteiger charge is 2.12. The van der Waals surface area contributed by atoms with E-state index in [9.17, 15) is 14.9 Å². The molecule has 1 atom stereocenters. The Balaban J connectivity index is 0.00000324. The van der Waals surface area contributed by atoms with Crippen LogP contribution in [0.3, 0.4) is 0 Å². The fourth-order valence-electron chi connectivity index (χ4n) is 1.54. The molecule has 1 amide bonds. The number of nitrogens with one attached hydrogen (secondary N) is 2. The van der Waals surface area contributed by atoms with Crippen molar-refractivity contribution < 1.29 is 9.72 Å². The highest BCUT2D eigenvalue weighted by molar-refractivity contribution is 5.85. The van der Waals surface area contributed by atoms with E-state index in [1.807, 2.05) is 0 Å². The number of hydrogen-bond acceptors (Lipinski definition) is 4. The first-order valence-electron chi connectivity index (χ1n) is 5.73. The van der Waals surface area contributed by atoms with Gasteiger partial charge >= 0.3 is 0 Å². The van der Waals surface area contributed by atoms with Gasteiger partial charge in [0.1, 0.15) is 0 Å². The van der Waals surface area contributed by atoms with Crippen LogP contribution in [0.4, 0.5) is 5.69 Å². The van der Waals surface area contributed by atoms with E-state index in [0.29, 0.717) is 13.0 Å². The van der Waals surface area contributed by atoms with Crippen LogP contribution in [-0.2, 0) is 4.79 Å². The molecule has 0 aromatic heterocycles. The molecule has 0 aliphatic heterocycles. The molecular weight excluding hydrogens is 270 g/mol. The summed E-state index contributed by atoms with van der Waals surface area (Å²) < 4.78 is 0. The SMILES string of the molecule is CNCCC(=O)NC(C)c1cccc([N+](=O)[O-])c1.Cl. The number of rotatable bonds is 6. The van der Waals surface area contributed by atoms with Crippen LogP contribution in [0.2, 0.25) is 0 Å². The molecule has 0 saturated carbocycles. The Kier molecular flexibility index (Phi) is 7.71. The van der Waals surface area contributed by atoms with Gasteiger partial charge in [0.2, 0.25) is 5.91 Å². The molecule has 0 spiro atoms. The van der Waals surface area contributed by atoms with Crippen LogP contribution in [0.25, 0.3) is 0 Å². The third-order valence-corrected chi connectivity index (χ3v) is 2.56. The number of halogens is 1. The van der Waals surface area contributed by atoms with E-state index in [1.165, 1.54) is 12.1 Å². The van der Waals surface area contributed by atoms with Crippen LogP contribution in [0.15, 0.2) is 24.3 Å². The zero-order valence-corrected chi connectivity index (χ0v) is 11.7. The van der Waals surface area contributed by atoms with E-state index < -0.39 is 4.92 Å². The molecule has 1 rings (SSSR count). The molecule has 1 unspecified atom stereocenters. The first-order valence-corrected chi connectivity index (χ1v) is 5.73. The second-order valence-electron chi connectivity index (χ2n) is 3.99. The van der Waals surface area contributed by atoms with Gasteiger partial charge < -0.3 is 10.6 Å². The number of nitro groups is 1. The van der Waals surface area contributed by atoms with Crippen molar-refractivity contribution in [3.8, 4) is 0 Å². The van der Waals surface area contributed by atoms with Gasteiger partial charge in [-0.05, 0) is 19.5 Å². The Morgan fingerprint density at radius 2 is 2.16 bits per heavy atom. The van der Waals surface area contributed by atoms with Crippen molar-refractivity contribution in [2.75, 3.05) is 13.6 Å². The fourth-order valence-corrected chi connectivity index (χ4v) is 1.54. The van der Waals surface area contributed by atoms with E-state index in [1.54, 1.807) is 26.1 Å². The minimum Gasteiger partial charge on any atom is -0.350 e. The first-order chi connectivity index (χ1) is 8.54. The molecule has 1 aromatic rings. The van der Waals surface area contributed by atoms with Gasteiger partial charge in [0.25, 0.3) is 5.69 Å². The molecule has 0 fully saturated rings. The van der Waals surface area contributed by atoms with Crippen molar-refractivity contribution in [2.24, 2.45) is 0 Å². The molecule has 2 N–H and O–H groups in total. The summed E-state index contributed by atoms with van der Waals surface area (Å²) in [6, 6.07) is 6.04. The highest BCUT2D eigenvalue weighted by Crippen LogP contribution is 2.18. The number of non-ortho nitro benzene ring substituents is 1. The van der Waals surface area contributed by atoms with E-state index in [4.69, 9.17) is 0 Å². The van der Waals surface area contributed by atoms with Crippen molar-refractivity contribution in [3.63, 3.8) is 0 Å². The molecule has 106 valence electrons. The monoisotopic (exact) mass is 287 g/mol. The van der Waals surface area contributed by atoms with E-state index in [2.05, 4.69) is 10.6 Å². The summed E-state index contributed by atoms with van der Waals surface area (Å²) in [5.74, 6) is -0.0802. The molecule has 0 heterocycles. The number of amides is 1. The zero-order valence-electron chi connectivity index (χ0n) is 10.9. The molecular formula is C12H18ClN3O3. The summed E-state index contributed by atoms with van der Waals surface area (Å²) in [5.41, 5.74) is 0.755. The smallest absolute Gasteiger partial charge is 0.269 e. The largest absolute Gasteiger partial charge is 0.350 e. The quantitative estimate of drug-likeness (QED) is 0.617. The topological polar surface area (TPSA) is 84.3 Å². The Bertz CT molecular complexity index is 440. The number of hydrogen-bond donors (Lipinski definition) is 2. The van der Waals surface area contributed by atoms with Crippen LogP contribution >= 0.6 is 12.4 Å². The van der Waals surface area contributed by atoms with Crippen LogP contribution in [-0.4, -0.2) is 24.4 Å². The number of benzene rings is 1. The predicted octanol–water partition coefficient (Wildman–Crippen LogP) is 1.80. The van der Waals surface area contributed by atoms with Gasteiger partial charge in [0, 0.05) is 25.1 Å². The summed E-state index contributed by atoms with van der Waals surface area (Å²) in [4.78, 5) is 21.7. The molecule has 1 aromatic carbocycles. The maximum absolute atomic E-state index is 11.5. The predicted molar refractivity (Wildman–Crippen MR) is 75.4 cm³/mol. The lowest BCUT2D eigenvalue weighted by Crippen LogP contribution is -2.29. The van der Waals surface area contributed by atoms with E-state index in [0.717, 1.165) is 5.56 Å². The molecule has 7 heteroatoms. The number of carbonyl (C=O) groups excluding carboxylic acids is 1.